The molecule has 1 aromatic heterocycles. The van der Waals surface area contributed by atoms with E-state index in [2.05, 4.69) is 4.98 Å². The van der Waals surface area contributed by atoms with Crippen LogP contribution in [0.25, 0.3) is 0 Å². The predicted molar refractivity (Wildman–Crippen MR) is 66.4 cm³/mol. The third-order valence-corrected chi connectivity index (χ3v) is 4.31. The molecule has 1 N–H and O–H groups in total. The van der Waals surface area contributed by atoms with Crippen LogP contribution in [0.5, 0.6) is 0 Å². The smallest absolute Gasteiger partial charge is 0.303 e. The Balaban J connectivity index is 2.54. The number of rotatable bonds is 7. The van der Waals surface area contributed by atoms with E-state index < -0.39 is 16.0 Å². The maximum absolute atomic E-state index is 11.8. The van der Waals surface area contributed by atoms with Crippen LogP contribution in [0.2, 0.25) is 0 Å². The molecule has 0 radical (unpaired) electrons. The van der Waals surface area contributed by atoms with Crippen molar-refractivity contribution >= 4 is 16.0 Å². The second-order valence-electron chi connectivity index (χ2n) is 3.92. The highest BCUT2D eigenvalue weighted by Gasteiger charge is 2.18. The Morgan fingerprint density at radius 3 is 2.56 bits per heavy atom. The minimum absolute atomic E-state index is 0.123. The van der Waals surface area contributed by atoms with Gasteiger partial charge in [-0.05, 0) is 24.1 Å². The van der Waals surface area contributed by atoms with Gasteiger partial charge in [0.05, 0.1) is 5.75 Å². The van der Waals surface area contributed by atoms with E-state index in [0.717, 1.165) is 5.56 Å². The first kappa shape index (κ1) is 14.6. The van der Waals surface area contributed by atoms with Gasteiger partial charge in [0.25, 0.3) is 0 Å². The lowest BCUT2D eigenvalue weighted by Crippen LogP contribution is -2.29. The fourth-order valence-electron chi connectivity index (χ4n) is 1.41. The topological polar surface area (TPSA) is 87.6 Å². The molecule has 1 rings (SSSR count). The average molecular weight is 272 g/mol. The Bertz CT molecular complexity index is 487. The number of hydrogen-bond acceptors (Lipinski definition) is 4. The quantitative estimate of drug-likeness (QED) is 0.789. The number of carbonyl (C=O) groups is 1. The first-order chi connectivity index (χ1) is 8.42. The van der Waals surface area contributed by atoms with E-state index in [1.807, 2.05) is 0 Å². The lowest BCUT2D eigenvalue weighted by Gasteiger charge is -2.16. The molecule has 6 nitrogen and oxygen atoms in total. The second-order valence-corrected chi connectivity index (χ2v) is 6.12. The van der Waals surface area contributed by atoms with Gasteiger partial charge in [-0.1, -0.05) is 0 Å². The Morgan fingerprint density at radius 1 is 1.39 bits per heavy atom. The molecule has 0 saturated carbocycles. The van der Waals surface area contributed by atoms with Crippen LogP contribution < -0.4 is 0 Å². The van der Waals surface area contributed by atoms with Crippen molar-refractivity contribution < 1.29 is 18.3 Å². The number of aromatic nitrogens is 1. The fourth-order valence-corrected chi connectivity index (χ4v) is 2.57. The van der Waals surface area contributed by atoms with Crippen molar-refractivity contribution in [2.24, 2.45) is 0 Å². The van der Waals surface area contributed by atoms with Gasteiger partial charge in [0.1, 0.15) is 0 Å². The van der Waals surface area contributed by atoms with E-state index in [1.54, 1.807) is 24.5 Å². The zero-order valence-electron chi connectivity index (χ0n) is 10.1. The minimum atomic E-state index is -3.40. The highest BCUT2D eigenvalue weighted by molar-refractivity contribution is 7.89. The number of nitrogens with zero attached hydrogens (tertiary/aromatic N) is 2. The van der Waals surface area contributed by atoms with Crippen LogP contribution in [0.1, 0.15) is 18.4 Å². The molecule has 18 heavy (non-hydrogen) atoms. The summed E-state index contributed by atoms with van der Waals surface area (Å²) in [6.07, 6.45) is 3.18. The zero-order valence-corrected chi connectivity index (χ0v) is 10.9. The molecule has 0 aliphatic carbocycles. The molecule has 0 saturated heterocycles. The molecule has 7 heteroatoms. The van der Waals surface area contributed by atoms with Crippen molar-refractivity contribution in [2.75, 3.05) is 12.8 Å². The summed E-state index contributed by atoms with van der Waals surface area (Å²) >= 11 is 0. The number of hydrogen-bond donors (Lipinski definition) is 1. The maximum Gasteiger partial charge on any atom is 0.303 e. The van der Waals surface area contributed by atoms with Crippen molar-refractivity contribution in [3.63, 3.8) is 0 Å². The van der Waals surface area contributed by atoms with Crippen LogP contribution in [0.4, 0.5) is 0 Å². The number of pyridine rings is 1. The lowest BCUT2D eigenvalue weighted by molar-refractivity contribution is -0.137. The molecule has 100 valence electrons. The highest BCUT2D eigenvalue weighted by Crippen LogP contribution is 2.08. The molecule has 0 aliphatic heterocycles. The van der Waals surface area contributed by atoms with Crippen molar-refractivity contribution in [2.45, 2.75) is 19.4 Å². The van der Waals surface area contributed by atoms with Crippen molar-refractivity contribution in [1.29, 1.82) is 0 Å². The largest absolute Gasteiger partial charge is 0.481 e. The summed E-state index contributed by atoms with van der Waals surface area (Å²) < 4.78 is 24.9. The standard InChI is InChI=1S/C11H16N2O4S/c1-13(9-10-4-6-12-7-5-10)18(16,17)8-2-3-11(14)15/h4-7H,2-3,8-9H2,1H3,(H,14,15). The van der Waals surface area contributed by atoms with E-state index >= 15 is 0 Å². The van der Waals surface area contributed by atoms with E-state index in [4.69, 9.17) is 5.11 Å². The predicted octanol–water partition coefficient (Wildman–Crippen LogP) is 0.708. The van der Waals surface area contributed by atoms with Crippen molar-refractivity contribution in [3.8, 4) is 0 Å². The van der Waals surface area contributed by atoms with Gasteiger partial charge >= 0.3 is 5.97 Å². The molecule has 1 heterocycles. The van der Waals surface area contributed by atoms with Crippen LogP contribution in [0, 0.1) is 0 Å². The van der Waals surface area contributed by atoms with Gasteiger partial charge in [-0.15, -0.1) is 0 Å². The normalized spacial score (nSPS) is 11.7. The molecule has 0 amide bonds. The summed E-state index contributed by atoms with van der Waals surface area (Å²) in [5.74, 6) is -1.14. The molecule has 0 spiro atoms. The minimum Gasteiger partial charge on any atom is -0.481 e. The second kappa shape index (κ2) is 6.46. The lowest BCUT2D eigenvalue weighted by atomic mass is 10.3. The van der Waals surface area contributed by atoms with Gasteiger partial charge in [-0.25, -0.2) is 12.7 Å². The summed E-state index contributed by atoms with van der Waals surface area (Å²) in [7, 11) is -1.92. The number of aliphatic carboxylic acids is 1. The monoisotopic (exact) mass is 272 g/mol. The van der Waals surface area contributed by atoms with E-state index in [0.29, 0.717) is 0 Å². The summed E-state index contributed by atoms with van der Waals surface area (Å²) in [5.41, 5.74) is 0.842. The van der Waals surface area contributed by atoms with E-state index in [1.165, 1.54) is 11.4 Å². The van der Waals surface area contributed by atoms with Gasteiger partial charge in [0.15, 0.2) is 0 Å². The summed E-state index contributed by atoms with van der Waals surface area (Å²) in [6, 6.07) is 3.48. The Hall–Kier alpha value is -1.47. The van der Waals surface area contributed by atoms with Crippen LogP contribution in [0.3, 0.4) is 0 Å². The Labute approximate surface area is 106 Å². The van der Waals surface area contributed by atoms with Crippen LogP contribution >= 0.6 is 0 Å². The van der Waals surface area contributed by atoms with Crippen LogP contribution in [-0.4, -0.2) is 41.6 Å². The molecule has 0 aliphatic rings. The third-order valence-electron chi connectivity index (χ3n) is 2.42. The summed E-state index contributed by atoms with van der Waals surface area (Å²) in [6.45, 7) is 0.262. The maximum atomic E-state index is 11.8. The van der Waals surface area contributed by atoms with E-state index in [-0.39, 0.29) is 25.1 Å². The van der Waals surface area contributed by atoms with Crippen molar-refractivity contribution in [1.82, 2.24) is 9.29 Å². The fraction of sp³-hybridized carbons (Fsp3) is 0.455. The SMILES string of the molecule is CN(Cc1ccncc1)S(=O)(=O)CCCC(=O)O. The molecular weight excluding hydrogens is 256 g/mol. The van der Waals surface area contributed by atoms with E-state index in [9.17, 15) is 13.2 Å². The molecule has 0 fully saturated rings. The molecule has 0 atom stereocenters. The Kier molecular flexibility index (Phi) is 5.24. The van der Waals surface area contributed by atoms with Gasteiger partial charge in [-0.3, -0.25) is 9.78 Å². The molecular formula is C11H16N2O4S. The molecule has 1 aromatic rings. The Morgan fingerprint density at radius 2 is 2.00 bits per heavy atom. The zero-order chi connectivity index (χ0) is 13.6. The molecule has 0 aromatic carbocycles. The summed E-state index contributed by atoms with van der Waals surface area (Å²) in [5, 5.41) is 8.47. The number of carboxylic acid groups (broad SMARTS) is 1. The van der Waals surface area contributed by atoms with Gasteiger partial charge < -0.3 is 5.11 Å². The highest BCUT2D eigenvalue weighted by atomic mass is 32.2. The first-order valence-corrected chi connectivity index (χ1v) is 7.07. The number of sulfonamides is 1. The first-order valence-electron chi connectivity index (χ1n) is 5.46. The van der Waals surface area contributed by atoms with Crippen LogP contribution in [-0.2, 0) is 21.4 Å². The third kappa shape index (κ3) is 4.80. The van der Waals surface area contributed by atoms with Crippen LogP contribution in [0.15, 0.2) is 24.5 Å². The van der Waals surface area contributed by atoms with Crippen molar-refractivity contribution in [3.05, 3.63) is 30.1 Å². The number of carboxylic acids is 1. The summed E-state index contributed by atoms with van der Waals surface area (Å²) in [4.78, 5) is 14.2. The van der Waals surface area contributed by atoms with Gasteiger partial charge in [-0.2, -0.15) is 0 Å². The molecule has 0 unspecified atom stereocenters. The van der Waals surface area contributed by atoms with Gasteiger partial charge in [0, 0.05) is 32.4 Å². The average Bonchev–Trinajstić information content (AvgIpc) is 2.29. The van der Waals surface area contributed by atoms with Gasteiger partial charge in [0.2, 0.25) is 10.0 Å². The molecule has 0 bridgehead atoms.